The van der Waals surface area contributed by atoms with Gasteiger partial charge in [0.25, 0.3) is 10.0 Å². The van der Waals surface area contributed by atoms with E-state index in [1.165, 1.54) is 24.3 Å². The Morgan fingerprint density at radius 1 is 0.933 bits per heavy atom. The number of amidine groups is 1. The van der Waals surface area contributed by atoms with Crippen molar-refractivity contribution in [3.05, 3.63) is 65.2 Å². The van der Waals surface area contributed by atoms with E-state index < -0.39 is 21.8 Å². The lowest BCUT2D eigenvalue weighted by atomic mass is 10.1. The first-order valence-electron chi connectivity index (χ1n) is 9.66. The maximum absolute atomic E-state index is 12.9. The molecule has 2 aromatic rings. The first-order valence-corrected chi connectivity index (χ1v) is 11.1. The van der Waals surface area contributed by atoms with Crippen LogP contribution < -0.4 is 0 Å². The molecule has 30 heavy (non-hydrogen) atoms. The highest BCUT2D eigenvalue weighted by molar-refractivity contribution is 7.90. The van der Waals surface area contributed by atoms with E-state index >= 15 is 0 Å². The maximum atomic E-state index is 12.9. The maximum Gasteiger partial charge on any atom is 0.416 e. The van der Waals surface area contributed by atoms with Crippen LogP contribution in [0, 0.1) is 6.92 Å². The Bertz CT molecular complexity index is 971. The zero-order chi connectivity index (χ0) is 22.7. The van der Waals surface area contributed by atoms with E-state index in [2.05, 4.69) is 4.40 Å². The van der Waals surface area contributed by atoms with Gasteiger partial charge in [0.1, 0.15) is 5.84 Å². The van der Waals surface area contributed by atoms with Crippen LogP contribution >= 0.6 is 0 Å². The zero-order valence-electron chi connectivity index (χ0n) is 17.7. The van der Waals surface area contributed by atoms with Crippen molar-refractivity contribution in [2.24, 2.45) is 4.40 Å². The van der Waals surface area contributed by atoms with Crippen LogP contribution in [0.4, 0.5) is 13.2 Å². The number of nitrogens with zero attached hydrogens (tertiary/aromatic N) is 2. The van der Waals surface area contributed by atoms with E-state index in [1.807, 2.05) is 39.5 Å². The van der Waals surface area contributed by atoms with Crippen molar-refractivity contribution < 1.29 is 21.6 Å². The molecule has 0 aliphatic rings. The second-order valence-corrected chi connectivity index (χ2v) is 9.37. The van der Waals surface area contributed by atoms with E-state index in [0.717, 1.165) is 17.7 Å². The number of benzene rings is 2. The van der Waals surface area contributed by atoms with Crippen molar-refractivity contribution in [2.75, 3.05) is 0 Å². The molecule has 0 saturated carbocycles. The van der Waals surface area contributed by atoms with Gasteiger partial charge in [0.2, 0.25) is 0 Å². The van der Waals surface area contributed by atoms with Crippen LogP contribution in [0.1, 0.15) is 44.4 Å². The summed E-state index contributed by atoms with van der Waals surface area (Å²) in [6.45, 7) is 9.53. The largest absolute Gasteiger partial charge is 0.416 e. The molecule has 0 heterocycles. The standard InChI is InChI=1S/C22H27F3N2O2S/c1-15(2)27(16(3)4)21(14-18-8-10-19(11-9-18)22(23,24)25)26-30(28,29)20-12-6-17(5)7-13-20/h6-13,15-16H,14H2,1-5H3/b26-21-. The number of hydrogen-bond acceptors (Lipinski definition) is 2. The van der Waals surface area contributed by atoms with E-state index in [1.54, 1.807) is 12.1 Å². The first-order chi connectivity index (χ1) is 13.8. The summed E-state index contributed by atoms with van der Waals surface area (Å²) in [6.07, 6.45) is -4.33. The normalized spacial score (nSPS) is 13.2. The fourth-order valence-electron chi connectivity index (χ4n) is 3.26. The molecule has 164 valence electrons. The van der Waals surface area contributed by atoms with Gasteiger partial charge in [-0.15, -0.1) is 4.40 Å². The quantitative estimate of drug-likeness (QED) is 0.443. The lowest BCUT2D eigenvalue weighted by Gasteiger charge is -2.34. The van der Waals surface area contributed by atoms with Crippen LogP contribution in [0.2, 0.25) is 0 Å². The third-order valence-corrected chi connectivity index (χ3v) is 5.92. The summed E-state index contributed by atoms with van der Waals surface area (Å²) in [5.74, 6) is 0.292. The predicted molar refractivity (Wildman–Crippen MR) is 113 cm³/mol. The molecule has 0 bridgehead atoms. The lowest BCUT2D eigenvalue weighted by Crippen LogP contribution is -2.43. The summed E-state index contributed by atoms with van der Waals surface area (Å²) in [7, 11) is -3.97. The fourth-order valence-corrected chi connectivity index (χ4v) is 4.28. The van der Waals surface area contributed by atoms with E-state index in [9.17, 15) is 21.6 Å². The summed E-state index contributed by atoms with van der Waals surface area (Å²) in [5, 5.41) is 0. The average Bonchev–Trinajstić information content (AvgIpc) is 2.60. The van der Waals surface area contributed by atoms with Gasteiger partial charge in [0, 0.05) is 18.5 Å². The molecule has 0 fully saturated rings. The number of alkyl halides is 3. The van der Waals surface area contributed by atoms with Crippen molar-refractivity contribution in [1.29, 1.82) is 0 Å². The van der Waals surface area contributed by atoms with Crippen LogP contribution in [0.25, 0.3) is 0 Å². The highest BCUT2D eigenvalue weighted by Gasteiger charge is 2.30. The minimum absolute atomic E-state index is 0.0496. The van der Waals surface area contributed by atoms with Crippen molar-refractivity contribution in [3.8, 4) is 0 Å². The number of aryl methyl sites for hydroxylation is 1. The zero-order valence-corrected chi connectivity index (χ0v) is 18.6. The van der Waals surface area contributed by atoms with Gasteiger partial charge >= 0.3 is 6.18 Å². The van der Waals surface area contributed by atoms with Gasteiger partial charge in [-0.05, 0) is 64.4 Å². The molecule has 0 amide bonds. The van der Waals surface area contributed by atoms with Crippen LogP contribution in [0.3, 0.4) is 0 Å². The summed E-state index contributed by atoms with van der Waals surface area (Å²) >= 11 is 0. The molecule has 0 unspecified atom stereocenters. The molecule has 4 nitrogen and oxygen atoms in total. The Kier molecular flexibility index (Phi) is 7.34. The van der Waals surface area contributed by atoms with Crippen molar-refractivity contribution in [1.82, 2.24) is 4.90 Å². The van der Waals surface area contributed by atoms with Crippen LogP contribution in [0.5, 0.6) is 0 Å². The molecule has 0 saturated heterocycles. The number of halogens is 3. The summed E-state index contributed by atoms with van der Waals surface area (Å²) in [5.41, 5.74) is 0.725. The second kappa shape index (κ2) is 9.20. The third kappa shape index (κ3) is 6.08. The third-order valence-electron chi connectivity index (χ3n) is 4.60. The molecule has 0 radical (unpaired) electrons. The molecule has 8 heteroatoms. The van der Waals surface area contributed by atoms with Crippen LogP contribution in [-0.4, -0.2) is 31.2 Å². The van der Waals surface area contributed by atoms with E-state index in [0.29, 0.717) is 11.4 Å². The van der Waals surface area contributed by atoms with E-state index in [-0.39, 0.29) is 23.4 Å². The smallest absolute Gasteiger partial charge is 0.354 e. The average molecular weight is 441 g/mol. The molecule has 0 spiro atoms. The lowest BCUT2D eigenvalue weighted by molar-refractivity contribution is -0.137. The predicted octanol–water partition coefficient (Wildman–Crippen LogP) is 5.46. The fraction of sp³-hybridized carbons (Fsp3) is 0.409. The van der Waals surface area contributed by atoms with Gasteiger partial charge in [-0.25, -0.2) is 0 Å². The minimum Gasteiger partial charge on any atom is -0.354 e. The van der Waals surface area contributed by atoms with Gasteiger partial charge < -0.3 is 4.90 Å². The number of rotatable bonds is 6. The van der Waals surface area contributed by atoms with Gasteiger partial charge in [-0.1, -0.05) is 29.8 Å². The topological polar surface area (TPSA) is 49.7 Å². The van der Waals surface area contributed by atoms with Crippen molar-refractivity contribution in [3.63, 3.8) is 0 Å². The first kappa shape index (κ1) is 23.9. The van der Waals surface area contributed by atoms with E-state index in [4.69, 9.17) is 0 Å². The minimum atomic E-state index is -4.42. The molecular weight excluding hydrogens is 413 g/mol. The van der Waals surface area contributed by atoms with Gasteiger partial charge in [0.05, 0.1) is 10.5 Å². The Morgan fingerprint density at radius 3 is 1.87 bits per heavy atom. The Hall–Kier alpha value is -2.35. The Morgan fingerprint density at radius 2 is 1.43 bits per heavy atom. The molecule has 0 atom stereocenters. The molecule has 0 N–H and O–H groups in total. The van der Waals surface area contributed by atoms with Crippen molar-refractivity contribution in [2.45, 2.75) is 64.2 Å². The molecule has 2 aromatic carbocycles. The molecule has 0 aliphatic carbocycles. The monoisotopic (exact) mass is 440 g/mol. The molecule has 0 aromatic heterocycles. The Balaban J connectivity index is 2.49. The van der Waals surface area contributed by atoms with Crippen LogP contribution in [-0.2, 0) is 22.6 Å². The molecular formula is C22H27F3N2O2S. The summed E-state index contributed by atoms with van der Waals surface area (Å²) in [6, 6.07) is 11.0. The van der Waals surface area contributed by atoms with Gasteiger partial charge in [-0.3, -0.25) is 0 Å². The van der Waals surface area contributed by atoms with Gasteiger partial charge in [-0.2, -0.15) is 21.6 Å². The Labute approximate surface area is 176 Å². The highest BCUT2D eigenvalue weighted by atomic mass is 32.2. The number of sulfonamides is 1. The van der Waals surface area contributed by atoms with Crippen molar-refractivity contribution >= 4 is 15.9 Å². The SMILES string of the molecule is Cc1ccc(S(=O)(=O)/N=C(/Cc2ccc(C(F)(F)F)cc2)N(C(C)C)C(C)C)cc1. The number of hydrogen-bond donors (Lipinski definition) is 0. The second-order valence-electron chi connectivity index (χ2n) is 7.76. The van der Waals surface area contributed by atoms with Crippen LogP contribution in [0.15, 0.2) is 57.8 Å². The summed E-state index contributed by atoms with van der Waals surface area (Å²) in [4.78, 5) is 1.94. The summed E-state index contributed by atoms with van der Waals surface area (Å²) < 4.78 is 68.5. The van der Waals surface area contributed by atoms with Gasteiger partial charge in [0.15, 0.2) is 0 Å². The highest BCUT2D eigenvalue weighted by Crippen LogP contribution is 2.29. The molecule has 0 aliphatic heterocycles. The molecule has 2 rings (SSSR count).